The maximum atomic E-state index is 10.7. The minimum absolute atomic E-state index is 0.0648. The molecule has 0 radical (unpaired) electrons. The second-order valence-corrected chi connectivity index (χ2v) is 2.93. The van der Waals surface area contributed by atoms with Gasteiger partial charge in [-0.15, -0.1) is 11.8 Å². The van der Waals surface area contributed by atoms with E-state index in [1.165, 1.54) is 0 Å². The van der Waals surface area contributed by atoms with Crippen molar-refractivity contribution in [3.63, 3.8) is 0 Å². The minimum Gasteiger partial charge on any atom is -0.298 e. The molecule has 0 saturated heterocycles. The summed E-state index contributed by atoms with van der Waals surface area (Å²) >= 11 is 1.55. The van der Waals surface area contributed by atoms with Crippen LogP contribution in [0.4, 0.5) is 0 Å². The normalized spacial score (nSPS) is 24.3. The summed E-state index contributed by atoms with van der Waals surface area (Å²) in [5.74, 6) is 0.223. The molecule has 1 unspecified atom stereocenters. The summed E-state index contributed by atoms with van der Waals surface area (Å²) in [6.45, 7) is 1.61. The zero-order valence-electron chi connectivity index (χ0n) is 5.20. The smallest absolute Gasteiger partial charge is 0.146 e. The lowest BCUT2D eigenvalue weighted by Crippen LogP contribution is -2.09. The summed E-state index contributed by atoms with van der Waals surface area (Å²) in [6, 6.07) is 0. The molecule has 48 valence electrons. The van der Waals surface area contributed by atoms with Crippen molar-refractivity contribution in [3.05, 3.63) is 23.6 Å². The fourth-order valence-electron chi connectivity index (χ4n) is 0.617. The third-order valence-electron chi connectivity index (χ3n) is 1.10. The highest BCUT2D eigenvalue weighted by molar-refractivity contribution is 8.03. The van der Waals surface area contributed by atoms with Crippen molar-refractivity contribution in [1.82, 2.24) is 0 Å². The van der Waals surface area contributed by atoms with Gasteiger partial charge in [0.2, 0.25) is 0 Å². The van der Waals surface area contributed by atoms with E-state index >= 15 is 0 Å². The van der Waals surface area contributed by atoms with Gasteiger partial charge in [-0.25, -0.2) is 0 Å². The number of Topliss-reactive ketones (excluding diaryl/α,β-unsaturated/α-hetero) is 1. The molecule has 0 bridgehead atoms. The fraction of sp³-hybridized carbons (Fsp3) is 0.286. The summed E-state index contributed by atoms with van der Waals surface area (Å²) in [4.78, 5) is 10.7. The number of carbonyl (C=O) groups excluding carboxylic acids is 1. The Morgan fingerprint density at radius 3 is 2.67 bits per heavy atom. The minimum atomic E-state index is 0.0648. The summed E-state index contributed by atoms with van der Waals surface area (Å²) in [5.41, 5.74) is 0. The molecule has 1 atom stereocenters. The Morgan fingerprint density at radius 1 is 1.56 bits per heavy atom. The van der Waals surface area contributed by atoms with Crippen LogP contribution in [-0.4, -0.2) is 11.0 Å². The molecule has 1 heterocycles. The van der Waals surface area contributed by atoms with E-state index < -0.39 is 0 Å². The van der Waals surface area contributed by atoms with Gasteiger partial charge in [-0.3, -0.25) is 4.79 Å². The average molecular weight is 140 g/mol. The van der Waals surface area contributed by atoms with Crippen molar-refractivity contribution < 1.29 is 4.79 Å². The first kappa shape index (κ1) is 6.62. The standard InChI is InChI=1S/C7H8OS/c1-6(8)7-4-2-3-5-9-7/h2-5,7H,1H3. The maximum absolute atomic E-state index is 10.7. The Labute approximate surface area is 58.8 Å². The molecule has 0 fully saturated rings. The van der Waals surface area contributed by atoms with Crippen LogP contribution in [0.15, 0.2) is 23.6 Å². The fourth-order valence-corrected chi connectivity index (χ4v) is 1.34. The van der Waals surface area contributed by atoms with Crippen molar-refractivity contribution in [2.24, 2.45) is 0 Å². The van der Waals surface area contributed by atoms with Crippen LogP contribution in [0.2, 0.25) is 0 Å². The van der Waals surface area contributed by atoms with Gasteiger partial charge >= 0.3 is 0 Å². The van der Waals surface area contributed by atoms with E-state index in [1.54, 1.807) is 18.7 Å². The predicted molar refractivity (Wildman–Crippen MR) is 40.3 cm³/mol. The second-order valence-electron chi connectivity index (χ2n) is 1.88. The first-order valence-electron chi connectivity index (χ1n) is 2.80. The molecule has 2 heteroatoms. The van der Waals surface area contributed by atoms with Gasteiger partial charge in [0.25, 0.3) is 0 Å². The van der Waals surface area contributed by atoms with E-state index in [1.807, 2.05) is 23.6 Å². The number of allylic oxidation sites excluding steroid dienone is 2. The van der Waals surface area contributed by atoms with Crippen LogP contribution in [0.3, 0.4) is 0 Å². The van der Waals surface area contributed by atoms with E-state index in [4.69, 9.17) is 0 Å². The Bertz CT molecular complexity index is 170. The van der Waals surface area contributed by atoms with E-state index in [0.29, 0.717) is 0 Å². The first-order chi connectivity index (χ1) is 4.30. The van der Waals surface area contributed by atoms with Gasteiger partial charge in [-0.1, -0.05) is 18.2 Å². The quantitative estimate of drug-likeness (QED) is 0.552. The van der Waals surface area contributed by atoms with E-state index in [-0.39, 0.29) is 11.0 Å². The Kier molecular flexibility index (Phi) is 2.11. The molecule has 0 aromatic carbocycles. The predicted octanol–water partition coefficient (Wildman–Crippen LogP) is 1.76. The molecule has 1 rings (SSSR count). The van der Waals surface area contributed by atoms with Gasteiger partial charge in [0.1, 0.15) is 5.78 Å². The summed E-state index contributed by atoms with van der Waals surface area (Å²) in [6.07, 6.45) is 5.75. The molecule has 0 aromatic rings. The molecule has 0 N–H and O–H groups in total. The summed E-state index contributed by atoms with van der Waals surface area (Å²) in [5, 5.41) is 2.00. The van der Waals surface area contributed by atoms with Crippen LogP contribution in [0.25, 0.3) is 0 Å². The topological polar surface area (TPSA) is 17.1 Å². The molecule has 0 amide bonds. The molecule has 9 heavy (non-hydrogen) atoms. The number of ketones is 1. The lowest BCUT2D eigenvalue weighted by Gasteiger charge is -2.06. The molecular formula is C7H8OS. The highest BCUT2D eigenvalue weighted by Crippen LogP contribution is 2.18. The van der Waals surface area contributed by atoms with Crippen molar-refractivity contribution in [2.45, 2.75) is 12.2 Å². The van der Waals surface area contributed by atoms with Crippen molar-refractivity contribution in [3.8, 4) is 0 Å². The monoisotopic (exact) mass is 140 g/mol. The number of rotatable bonds is 1. The van der Waals surface area contributed by atoms with Crippen LogP contribution >= 0.6 is 11.8 Å². The molecule has 0 spiro atoms. The zero-order chi connectivity index (χ0) is 6.69. The molecule has 1 nitrogen and oxygen atoms in total. The third kappa shape index (κ3) is 1.72. The number of carbonyl (C=O) groups is 1. The first-order valence-corrected chi connectivity index (χ1v) is 3.74. The van der Waals surface area contributed by atoms with E-state index in [2.05, 4.69) is 0 Å². The van der Waals surface area contributed by atoms with Crippen molar-refractivity contribution in [2.75, 3.05) is 0 Å². The highest BCUT2D eigenvalue weighted by Gasteiger charge is 2.09. The number of hydrogen-bond donors (Lipinski definition) is 0. The maximum Gasteiger partial charge on any atom is 0.146 e. The molecule has 0 aliphatic carbocycles. The third-order valence-corrected chi connectivity index (χ3v) is 2.20. The highest BCUT2D eigenvalue weighted by atomic mass is 32.2. The van der Waals surface area contributed by atoms with Crippen LogP contribution in [0, 0.1) is 0 Å². The van der Waals surface area contributed by atoms with Crippen molar-refractivity contribution >= 4 is 17.5 Å². The molecule has 0 saturated carbocycles. The lowest BCUT2D eigenvalue weighted by atomic mass is 10.3. The summed E-state index contributed by atoms with van der Waals surface area (Å²) in [7, 11) is 0. The Hall–Kier alpha value is -0.500. The zero-order valence-corrected chi connectivity index (χ0v) is 6.02. The van der Waals surface area contributed by atoms with Gasteiger partial charge in [-0.2, -0.15) is 0 Å². The van der Waals surface area contributed by atoms with Gasteiger partial charge in [0.05, 0.1) is 5.25 Å². The van der Waals surface area contributed by atoms with E-state index in [9.17, 15) is 4.79 Å². The Morgan fingerprint density at radius 2 is 2.33 bits per heavy atom. The van der Waals surface area contributed by atoms with Crippen LogP contribution in [0.5, 0.6) is 0 Å². The van der Waals surface area contributed by atoms with Crippen LogP contribution in [0.1, 0.15) is 6.92 Å². The number of hydrogen-bond acceptors (Lipinski definition) is 2. The van der Waals surface area contributed by atoms with Gasteiger partial charge in [0.15, 0.2) is 0 Å². The number of thioether (sulfide) groups is 1. The largest absolute Gasteiger partial charge is 0.298 e. The molecular weight excluding hydrogens is 132 g/mol. The van der Waals surface area contributed by atoms with Crippen LogP contribution < -0.4 is 0 Å². The average Bonchev–Trinajstić information content (AvgIpc) is 1.90. The second kappa shape index (κ2) is 2.87. The van der Waals surface area contributed by atoms with E-state index in [0.717, 1.165) is 0 Å². The Balaban J connectivity index is 2.56. The van der Waals surface area contributed by atoms with Crippen LogP contribution in [-0.2, 0) is 4.79 Å². The lowest BCUT2D eigenvalue weighted by molar-refractivity contribution is -0.115. The molecule has 1 aliphatic heterocycles. The van der Waals surface area contributed by atoms with Gasteiger partial charge < -0.3 is 0 Å². The van der Waals surface area contributed by atoms with Gasteiger partial charge in [0, 0.05) is 0 Å². The van der Waals surface area contributed by atoms with Crippen molar-refractivity contribution in [1.29, 1.82) is 0 Å². The SMILES string of the molecule is CC(=O)C1C=CC=CS1. The van der Waals surface area contributed by atoms with Gasteiger partial charge in [-0.05, 0) is 12.3 Å². The molecule has 1 aliphatic rings. The molecule has 0 aromatic heterocycles. The summed E-state index contributed by atoms with van der Waals surface area (Å²) < 4.78 is 0.